The summed E-state index contributed by atoms with van der Waals surface area (Å²) in [5, 5.41) is 10.7. The van der Waals surface area contributed by atoms with Gasteiger partial charge in [-0.2, -0.15) is 0 Å². The van der Waals surface area contributed by atoms with Gasteiger partial charge in [0.1, 0.15) is 19.3 Å². The minimum Gasteiger partial charge on any atom is -0.462 e. The Morgan fingerprint density at radius 1 is 0.274 bits per heavy atom. The number of hydrogen-bond acceptors (Lipinski definition) is 15. The molecule has 5 unspecified atom stereocenters. The molecule has 0 aromatic carbocycles. The topological polar surface area (TPSA) is 237 Å². The Bertz CT molecular complexity index is 2530. The average Bonchev–Trinajstić information content (AvgIpc) is 0.903. The van der Waals surface area contributed by atoms with Crippen LogP contribution in [0.25, 0.3) is 0 Å². The van der Waals surface area contributed by atoms with Crippen molar-refractivity contribution in [2.45, 2.75) is 354 Å². The van der Waals surface area contributed by atoms with Gasteiger partial charge in [0, 0.05) is 25.7 Å². The maximum absolute atomic E-state index is 13.1. The number of allylic oxidation sites excluding steroid dienone is 22. The van der Waals surface area contributed by atoms with E-state index >= 15 is 0 Å². The van der Waals surface area contributed by atoms with E-state index in [2.05, 4.69) is 161 Å². The third kappa shape index (κ3) is 77.4. The fourth-order valence-corrected chi connectivity index (χ4v) is 12.3. The molecule has 0 aliphatic rings. The highest BCUT2D eigenvalue weighted by molar-refractivity contribution is 7.47. The van der Waals surface area contributed by atoms with Crippen LogP contribution in [0.5, 0.6) is 0 Å². The van der Waals surface area contributed by atoms with Crippen LogP contribution in [-0.4, -0.2) is 96.7 Å². The summed E-state index contributed by atoms with van der Waals surface area (Å²) in [5.41, 5.74) is 0. The van der Waals surface area contributed by atoms with Gasteiger partial charge in [0.05, 0.1) is 26.4 Å². The van der Waals surface area contributed by atoms with Gasteiger partial charge in [-0.05, 0) is 167 Å². The first-order valence-corrected chi connectivity index (χ1v) is 44.4. The van der Waals surface area contributed by atoms with Crippen LogP contribution in [0, 0.1) is 0 Å². The number of esters is 4. The van der Waals surface area contributed by atoms with Gasteiger partial charge in [-0.3, -0.25) is 37.3 Å². The molecule has 0 heterocycles. The molecule has 0 aromatic rings. The second kappa shape index (κ2) is 78.3. The number of carbonyl (C=O) groups is 4. The number of phosphoric ester groups is 2. The molecule has 0 aromatic heterocycles. The first-order valence-electron chi connectivity index (χ1n) is 41.4. The van der Waals surface area contributed by atoms with Crippen molar-refractivity contribution in [1.82, 2.24) is 0 Å². The molecule has 5 atom stereocenters. The average molecular weight is 1530 g/mol. The number of phosphoric acid groups is 2. The summed E-state index contributed by atoms with van der Waals surface area (Å²) >= 11 is 0. The molecule has 19 heteroatoms. The molecule has 0 saturated heterocycles. The highest BCUT2D eigenvalue weighted by Gasteiger charge is 2.30. The molecule has 3 N–H and O–H groups in total. The van der Waals surface area contributed by atoms with E-state index in [1.165, 1.54) is 64.2 Å². The van der Waals surface area contributed by atoms with Crippen molar-refractivity contribution in [3.63, 3.8) is 0 Å². The van der Waals surface area contributed by atoms with Gasteiger partial charge in [-0.25, -0.2) is 9.13 Å². The Kier molecular flexibility index (Phi) is 74.8. The minimum absolute atomic E-state index is 0.0691. The van der Waals surface area contributed by atoms with Crippen molar-refractivity contribution in [2.24, 2.45) is 0 Å². The zero-order valence-corrected chi connectivity index (χ0v) is 68.4. The van der Waals surface area contributed by atoms with Crippen molar-refractivity contribution in [2.75, 3.05) is 39.6 Å². The number of aliphatic hydroxyl groups excluding tert-OH is 1. The largest absolute Gasteiger partial charge is 0.472 e. The normalized spacial score (nSPS) is 14.5. The molecule has 17 nitrogen and oxygen atoms in total. The summed E-state index contributed by atoms with van der Waals surface area (Å²) < 4.78 is 68.7. The predicted molar refractivity (Wildman–Crippen MR) is 436 cm³/mol. The van der Waals surface area contributed by atoms with Gasteiger partial charge in [-0.15, -0.1) is 0 Å². The van der Waals surface area contributed by atoms with Crippen LogP contribution >= 0.6 is 15.6 Å². The van der Waals surface area contributed by atoms with Crippen LogP contribution in [-0.2, 0) is 65.4 Å². The molecule has 608 valence electrons. The molecule has 0 amide bonds. The van der Waals surface area contributed by atoms with E-state index in [4.69, 9.17) is 37.0 Å². The highest BCUT2D eigenvalue weighted by Crippen LogP contribution is 2.45. The summed E-state index contributed by atoms with van der Waals surface area (Å²) in [4.78, 5) is 73.1. The molecule has 0 spiro atoms. The Morgan fingerprint density at radius 2 is 0.491 bits per heavy atom. The molecule has 0 aliphatic carbocycles. The van der Waals surface area contributed by atoms with Gasteiger partial charge in [0.15, 0.2) is 12.2 Å². The fraction of sp³-hybridized carbons (Fsp3) is 0.701. The van der Waals surface area contributed by atoms with Crippen LogP contribution in [0.1, 0.15) is 336 Å². The molecular weight excluding hydrogens is 1380 g/mol. The standard InChI is InChI=1S/C87H148O17P2/c1-5-9-13-17-21-25-29-33-36-38-40-42-45-49-52-56-60-64-68-72-85(90)98-78-83(104-87(92)74-70-66-62-58-54-50-46-43-41-39-37-34-30-26-22-18-14-10-6-2)80-102-106(95,96)100-76-81(88)75-99-105(93,94)101-79-82(103-86(91)73-69-65-61-57-53-47-32-28-24-20-16-12-8-4)77-97-84(89)71-67-63-59-55-51-48-44-35-31-27-23-19-15-11-7-3/h9,13,21-23,25-28,32-37,40-44,49,52,81-83,88H,5-8,10-12,14-20,24,29-31,38-39,45-48,50-51,53-80H2,1-4H3,(H,93,94)(H,95,96)/b13-9-,25-21-,26-22-,27-23-,32-28-,36-33-,37-34-,42-40-,43-41-,44-35-,52-49-. The molecular formula is C87H148O17P2. The van der Waals surface area contributed by atoms with Crippen molar-refractivity contribution in [1.29, 1.82) is 0 Å². The fourth-order valence-electron chi connectivity index (χ4n) is 10.7. The Labute approximate surface area is 644 Å². The molecule has 0 radical (unpaired) electrons. The van der Waals surface area contributed by atoms with E-state index in [-0.39, 0.29) is 25.7 Å². The molecule has 0 saturated carbocycles. The van der Waals surface area contributed by atoms with Crippen molar-refractivity contribution < 1.29 is 80.2 Å². The number of unbranched alkanes of at least 4 members (excludes halogenated alkanes) is 29. The monoisotopic (exact) mass is 1530 g/mol. The molecule has 106 heavy (non-hydrogen) atoms. The lowest BCUT2D eigenvalue weighted by atomic mass is 10.1. The second-order valence-electron chi connectivity index (χ2n) is 27.3. The van der Waals surface area contributed by atoms with Gasteiger partial charge in [0.2, 0.25) is 0 Å². The summed E-state index contributed by atoms with van der Waals surface area (Å²) in [6, 6.07) is 0. The molecule has 0 rings (SSSR count). The van der Waals surface area contributed by atoms with E-state index in [0.717, 1.165) is 193 Å². The number of aliphatic hydroxyl groups is 1. The van der Waals surface area contributed by atoms with E-state index in [1.54, 1.807) is 0 Å². The van der Waals surface area contributed by atoms with Gasteiger partial charge >= 0.3 is 39.5 Å². The van der Waals surface area contributed by atoms with E-state index in [0.29, 0.717) is 25.7 Å². The van der Waals surface area contributed by atoms with Crippen LogP contribution < -0.4 is 0 Å². The Balaban J connectivity index is 5.43. The lowest BCUT2D eigenvalue weighted by Gasteiger charge is -2.21. The third-order valence-electron chi connectivity index (χ3n) is 17.1. The highest BCUT2D eigenvalue weighted by atomic mass is 31.2. The molecule has 0 fully saturated rings. The van der Waals surface area contributed by atoms with Gasteiger partial charge in [-0.1, -0.05) is 277 Å². The van der Waals surface area contributed by atoms with Crippen molar-refractivity contribution in [3.05, 3.63) is 134 Å². The van der Waals surface area contributed by atoms with E-state index in [1.807, 2.05) is 0 Å². The summed E-state index contributed by atoms with van der Waals surface area (Å²) in [5.74, 6) is -2.24. The quantitative estimate of drug-likeness (QED) is 0.0169. The predicted octanol–water partition coefficient (Wildman–Crippen LogP) is 24.4. The first kappa shape index (κ1) is 101. The molecule has 0 aliphatic heterocycles. The maximum Gasteiger partial charge on any atom is 0.472 e. The number of ether oxygens (including phenoxy) is 4. The minimum atomic E-state index is -5.00. The smallest absolute Gasteiger partial charge is 0.462 e. The zero-order valence-electron chi connectivity index (χ0n) is 66.6. The zero-order chi connectivity index (χ0) is 77.4. The van der Waals surface area contributed by atoms with E-state index < -0.39 is 97.5 Å². The van der Waals surface area contributed by atoms with Crippen LogP contribution in [0.4, 0.5) is 0 Å². The lowest BCUT2D eigenvalue weighted by molar-refractivity contribution is -0.161. The van der Waals surface area contributed by atoms with Gasteiger partial charge in [0.25, 0.3) is 0 Å². The second-order valence-corrected chi connectivity index (χ2v) is 30.2. The summed E-state index contributed by atoms with van der Waals surface area (Å²) in [6.45, 7) is 4.64. The molecule has 0 bridgehead atoms. The third-order valence-corrected chi connectivity index (χ3v) is 19.0. The maximum atomic E-state index is 13.1. The number of hydrogen-bond donors (Lipinski definition) is 3. The summed E-state index contributed by atoms with van der Waals surface area (Å²) in [6.07, 6.45) is 88.4. The number of rotatable bonds is 77. The van der Waals surface area contributed by atoms with Gasteiger partial charge < -0.3 is 33.8 Å². The Morgan fingerprint density at radius 3 is 0.792 bits per heavy atom. The lowest BCUT2D eigenvalue weighted by Crippen LogP contribution is -2.30. The van der Waals surface area contributed by atoms with Crippen LogP contribution in [0.2, 0.25) is 0 Å². The van der Waals surface area contributed by atoms with Crippen LogP contribution in [0.15, 0.2) is 134 Å². The summed E-state index contributed by atoms with van der Waals surface area (Å²) in [7, 11) is -9.98. The number of carbonyl (C=O) groups excluding carboxylic acids is 4. The first-order chi connectivity index (χ1) is 51.7. The Hall–Kier alpha value is -4.80. The van der Waals surface area contributed by atoms with Crippen molar-refractivity contribution >= 4 is 39.5 Å². The van der Waals surface area contributed by atoms with E-state index in [9.17, 15) is 43.2 Å². The van der Waals surface area contributed by atoms with Crippen LogP contribution in [0.3, 0.4) is 0 Å². The SMILES string of the molecule is CC/C=C\C/C=C\C/C=C\C/C=C\C/C=C\CCCCCC(=O)OCC(COP(=O)(O)OCC(O)COP(=O)(O)OCC(COC(=O)CCCCCCC/C=C\C/C=C\CCCCC)OC(=O)CCCCCCC/C=C\CCCCCC)OC(=O)CCCCCCCC/C=C\C/C=C\C/C=C\CCCCC. The van der Waals surface area contributed by atoms with Crippen molar-refractivity contribution in [3.8, 4) is 0 Å².